The number of anilines is 1. The van der Waals surface area contributed by atoms with Gasteiger partial charge in [-0.05, 0) is 35.9 Å². The predicted molar refractivity (Wildman–Crippen MR) is 111 cm³/mol. The molecule has 0 bridgehead atoms. The van der Waals surface area contributed by atoms with Gasteiger partial charge in [0.25, 0.3) is 5.91 Å². The van der Waals surface area contributed by atoms with Crippen molar-refractivity contribution in [2.45, 2.75) is 6.92 Å². The summed E-state index contributed by atoms with van der Waals surface area (Å²) in [6, 6.07) is 19.8. The Hall–Kier alpha value is -3.64. The van der Waals surface area contributed by atoms with Crippen LogP contribution in [0.2, 0.25) is 5.02 Å². The minimum atomic E-state index is -0.714. The number of esters is 1. The zero-order valence-electron chi connectivity index (χ0n) is 15.4. The van der Waals surface area contributed by atoms with Crippen LogP contribution in [0.3, 0.4) is 0 Å². The fourth-order valence-electron chi connectivity index (χ4n) is 2.67. The second-order valence-electron chi connectivity index (χ2n) is 6.06. The molecule has 3 aromatic rings. The largest absolute Gasteiger partial charge is 0.426 e. The first kappa shape index (κ1) is 20.1. The van der Waals surface area contributed by atoms with E-state index >= 15 is 0 Å². The maximum Gasteiger partial charge on any atom is 0.326 e. The maximum absolute atomic E-state index is 12.2. The number of halogens is 1. The molecular weight excluding hydrogens is 392 g/mol. The Labute approximate surface area is 172 Å². The summed E-state index contributed by atoms with van der Waals surface area (Å²) in [6.45, 7) is 1.31. The summed E-state index contributed by atoms with van der Waals surface area (Å²) < 4.78 is 5.26. The highest BCUT2D eigenvalue weighted by Gasteiger charge is 2.15. The zero-order valence-corrected chi connectivity index (χ0v) is 16.2. The lowest BCUT2D eigenvalue weighted by Gasteiger charge is -2.13. The molecule has 0 aromatic heterocycles. The van der Waals surface area contributed by atoms with E-state index in [1.807, 2.05) is 30.3 Å². The van der Waals surface area contributed by atoms with E-state index in [9.17, 15) is 14.4 Å². The van der Waals surface area contributed by atoms with E-state index in [0.717, 1.165) is 5.56 Å². The number of hydrogen-bond donors (Lipinski definition) is 2. The van der Waals surface area contributed by atoms with Gasteiger partial charge >= 0.3 is 12.0 Å². The molecule has 6 nitrogen and oxygen atoms in total. The van der Waals surface area contributed by atoms with Gasteiger partial charge in [0, 0.05) is 18.2 Å². The Morgan fingerprint density at radius 3 is 2.28 bits per heavy atom. The third-order valence-electron chi connectivity index (χ3n) is 3.92. The van der Waals surface area contributed by atoms with E-state index in [4.69, 9.17) is 16.3 Å². The van der Waals surface area contributed by atoms with Crippen LogP contribution in [0, 0.1) is 0 Å². The van der Waals surface area contributed by atoms with Gasteiger partial charge in [-0.15, -0.1) is 0 Å². The molecule has 7 heteroatoms. The van der Waals surface area contributed by atoms with Gasteiger partial charge in [-0.25, -0.2) is 4.79 Å². The van der Waals surface area contributed by atoms with E-state index in [0.29, 0.717) is 17.0 Å². The third-order valence-corrected chi connectivity index (χ3v) is 4.25. The van der Waals surface area contributed by atoms with Crippen LogP contribution < -0.4 is 15.4 Å². The van der Waals surface area contributed by atoms with Gasteiger partial charge in [0.15, 0.2) is 0 Å². The molecule has 0 aliphatic heterocycles. The van der Waals surface area contributed by atoms with Crippen LogP contribution in [0.4, 0.5) is 10.5 Å². The van der Waals surface area contributed by atoms with E-state index in [2.05, 4.69) is 10.6 Å². The van der Waals surface area contributed by atoms with Crippen LogP contribution in [0.25, 0.3) is 11.1 Å². The Balaban J connectivity index is 1.80. The molecule has 146 valence electrons. The van der Waals surface area contributed by atoms with Crippen molar-refractivity contribution in [3.8, 4) is 16.9 Å². The van der Waals surface area contributed by atoms with Crippen molar-refractivity contribution in [2.24, 2.45) is 0 Å². The lowest BCUT2D eigenvalue weighted by atomic mass is 10.0. The number of carbonyl (C=O) groups excluding carboxylic acids is 3. The number of amides is 3. The lowest BCUT2D eigenvalue weighted by molar-refractivity contribution is -0.131. The SMILES string of the molecule is CC(=O)Oc1ccc(NC(=O)NC(=O)c2ccccc2Cl)cc1-c1ccccc1. The lowest BCUT2D eigenvalue weighted by Crippen LogP contribution is -2.34. The van der Waals surface area contributed by atoms with Crippen molar-refractivity contribution in [3.63, 3.8) is 0 Å². The smallest absolute Gasteiger partial charge is 0.326 e. The molecule has 0 atom stereocenters. The second kappa shape index (κ2) is 9.03. The highest BCUT2D eigenvalue weighted by Crippen LogP contribution is 2.32. The average molecular weight is 409 g/mol. The molecule has 3 amide bonds. The quantitative estimate of drug-likeness (QED) is 0.475. The molecule has 0 aliphatic carbocycles. The molecule has 0 saturated heterocycles. The number of benzene rings is 3. The van der Waals surface area contributed by atoms with Crippen molar-refractivity contribution in [1.29, 1.82) is 0 Å². The number of ether oxygens (including phenoxy) is 1. The highest BCUT2D eigenvalue weighted by molar-refractivity contribution is 6.34. The maximum atomic E-state index is 12.2. The van der Waals surface area contributed by atoms with Gasteiger partial charge in [0.1, 0.15) is 5.75 Å². The number of rotatable bonds is 4. The fourth-order valence-corrected chi connectivity index (χ4v) is 2.89. The molecule has 0 spiro atoms. The number of hydrogen-bond acceptors (Lipinski definition) is 4. The summed E-state index contributed by atoms with van der Waals surface area (Å²) in [7, 11) is 0. The van der Waals surface area contributed by atoms with E-state index in [1.54, 1.807) is 36.4 Å². The number of carbonyl (C=O) groups is 3. The first-order chi connectivity index (χ1) is 13.9. The van der Waals surface area contributed by atoms with Gasteiger partial charge < -0.3 is 10.1 Å². The summed E-state index contributed by atoms with van der Waals surface area (Å²) in [5.41, 5.74) is 2.04. The Kier molecular flexibility index (Phi) is 6.26. The first-order valence-electron chi connectivity index (χ1n) is 8.69. The van der Waals surface area contributed by atoms with Gasteiger partial charge in [-0.3, -0.25) is 14.9 Å². The van der Waals surface area contributed by atoms with Crippen LogP contribution >= 0.6 is 11.6 Å². The molecular formula is C22H17ClN2O4. The molecule has 0 aliphatic rings. The number of urea groups is 1. The summed E-state index contributed by atoms with van der Waals surface area (Å²) >= 11 is 5.98. The van der Waals surface area contributed by atoms with Crippen LogP contribution in [0.15, 0.2) is 72.8 Å². The van der Waals surface area contributed by atoms with Gasteiger partial charge in [0.05, 0.1) is 10.6 Å². The van der Waals surface area contributed by atoms with Crippen LogP contribution in [-0.4, -0.2) is 17.9 Å². The van der Waals surface area contributed by atoms with E-state index < -0.39 is 17.9 Å². The average Bonchev–Trinajstić information content (AvgIpc) is 2.69. The van der Waals surface area contributed by atoms with E-state index in [-0.39, 0.29) is 10.6 Å². The van der Waals surface area contributed by atoms with Crippen molar-refractivity contribution in [3.05, 3.63) is 83.4 Å². The topological polar surface area (TPSA) is 84.5 Å². The van der Waals surface area contributed by atoms with Gasteiger partial charge in [-0.2, -0.15) is 0 Å². The molecule has 3 aromatic carbocycles. The van der Waals surface area contributed by atoms with Crippen LogP contribution in [0.1, 0.15) is 17.3 Å². The van der Waals surface area contributed by atoms with E-state index in [1.165, 1.54) is 13.0 Å². The van der Waals surface area contributed by atoms with Gasteiger partial charge in [-0.1, -0.05) is 54.1 Å². The Morgan fingerprint density at radius 2 is 1.59 bits per heavy atom. The number of nitrogens with one attached hydrogen (secondary N) is 2. The van der Waals surface area contributed by atoms with Crippen molar-refractivity contribution < 1.29 is 19.1 Å². The van der Waals surface area contributed by atoms with Crippen molar-refractivity contribution in [2.75, 3.05) is 5.32 Å². The molecule has 2 N–H and O–H groups in total. The summed E-state index contributed by atoms with van der Waals surface area (Å²) in [5.74, 6) is -0.708. The highest BCUT2D eigenvalue weighted by atomic mass is 35.5. The monoisotopic (exact) mass is 408 g/mol. The van der Waals surface area contributed by atoms with Crippen molar-refractivity contribution in [1.82, 2.24) is 5.32 Å². The normalized spacial score (nSPS) is 10.1. The minimum Gasteiger partial charge on any atom is -0.426 e. The summed E-state index contributed by atoms with van der Waals surface area (Å²) in [6.07, 6.45) is 0. The Morgan fingerprint density at radius 1 is 0.897 bits per heavy atom. The van der Waals surface area contributed by atoms with Gasteiger partial charge in [0.2, 0.25) is 0 Å². The zero-order chi connectivity index (χ0) is 20.8. The van der Waals surface area contributed by atoms with Crippen molar-refractivity contribution >= 4 is 35.2 Å². The predicted octanol–water partition coefficient (Wildman–Crippen LogP) is 4.89. The molecule has 29 heavy (non-hydrogen) atoms. The second-order valence-corrected chi connectivity index (χ2v) is 6.47. The molecule has 3 rings (SSSR count). The molecule has 0 heterocycles. The molecule has 0 saturated carbocycles. The molecule has 0 fully saturated rings. The molecule has 0 radical (unpaired) electrons. The third kappa shape index (κ3) is 5.21. The van der Waals surface area contributed by atoms with Crippen LogP contribution in [0.5, 0.6) is 5.75 Å². The number of imide groups is 1. The summed E-state index contributed by atoms with van der Waals surface area (Å²) in [4.78, 5) is 35.9. The summed E-state index contributed by atoms with van der Waals surface area (Å²) in [5, 5.41) is 5.08. The standard InChI is InChI=1S/C22H17ClN2O4/c1-14(26)29-20-12-11-16(13-18(20)15-7-3-2-4-8-15)24-22(28)25-21(27)17-9-5-6-10-19(17)23/h2-13H,1H3,(H2,24,25,27,28). The minimum absolute atomic E-state index is 0.194. The Bertz CT molecular complexity index is 1070. The van der Waals surface area contributed by atoms with Crippen LogP contribution in [-0.2, 0) is 4.79 Å². The fraction of sp³-hybridized carbons (Fsp3) is 0.0455. The molecule has 0 unspecified atom stereocenters. The first-order valence-corrected chi connectivity index (χ1v) is 9.06.